The minimum absolute atomic E-state index is 0. The predicted octanol–water partition coefficient (Wildman–Crippen LogP) is 2.68. The Balaban J connectivity index is 0.00000192. The minimum Gasteiger partial charge on any atom is -1.00 e. The Morgan fingerprint density at radius 3 is 1.43 bits per heavy atom. The maximum absolute atomic E-state index is 2.66. The van der Waals surface area contributed by atoms with Crippen LogP contribution in [0.3, 0.4) is 0 Å². The first-order valence-corrected chi connectivity index (χ1v) is 11.9. The maximum Gasteiger partial charge on any atom is 0.172 e. The van der Waals surface area contributed by atoms with E-state index in [4.69, 9.17) is 0 Å². The van der Waals surface area contributed by atoms with Gasteiger partial charge in [-0.2, -0.15) is 0 Å². The van der Waals surface area contributed by atoms with Crippen LogP contribution in [0.1, 0.15) is 5.56 Å². The Morgan fingerprint density at radius 2 is 1.00 bits per heavy atom. The summed E-state index contributed by atoms with van der Waals surface area (Å²) in [6, 6.07) is 32.1. The van der Waals surface area contributed by atoms with Crippen LogP contribution in [0, 0.1) is 0 Å². The lowest BCUT2D eigenvalue weighted by Crippen LogP contribution is -3.00. The molecule has 3 aromatic carbocycles. The smallest absolute Gasteiger partial charge is 0.172 e. The van der Waals surface area contributed by atoms with Gasteiger partial charge < -0.3 is 24.0 Å². The molecule has 0 N–H and O–H groups in total. The molecule has 3 rings (SSSR count). The van der Waals surface area contributed by atoms with Gasteiger partial charge in [-0.1, -0.05) is 66.7 Å². The van der Waals surface area contributed by atoms with Gasteiger partial charge in [0.05, 0.1) is 5.82 Å². The van der Waals surface area contributed by atoms with E-state index in [0.29, 0.717) is 0 Å². The highest BCUT2D eigenvalue weighted by atomic mass is 127. The molecular weight excluding hydrogens is 525 g/mol. The quantitative estimate of drug-likeness (QED) is 0.352. The van der Waals surface area contributed by atoms with Crippen molar-refractivity contribution in [1.82, 2.24) is 0 Å². The van der Waals surface area contributed by atoms with Crippen LogP contribution in [-0.2, 0) is 0 Å². The Bertz CT molecular complexity index is 701. The molecule has 0 atom stereocenters. The first-order valence-electron chi connectivity index (χ1n) is 7.23. The van der Waals surface area contributed by atoms with Gasteiger partial charge in [0.1, 0.15) is 10.6 Å². The molecule has 0 aromatic heterocycles. The summed E-state index contributed by atoms with van der Waals surface area (Å²) in [6.45, 7) is 0. The third kappa shape index (κ3) is 4.65. The SMILES string of the molecule is I[P+](C=Cc1ccccc1)(c1ccccc1)c1ccccc1.[I-]. The van der Waals surface area contributed by atoms with Crippen molar-refractivity contribution in [2.45, 2.75) is 0 Å². The highest BCUT2D eigenvalue weighted by Crippen LogP contribution is 2.66. The Hall–Kier alpha value is -0.710. The zero-order valence-corrected chi connectivity index (χ0v) is 17.7. The van der Waals surface area contributed by atoms with Crippen molar-refractivity contribution in [2.75, 3.05) is 0 Å². The number of hydrogen-bond acceptors (Lipinski definition) is 0. The molecule has 0 fully saturated rings. The van der Waals surface area contributed by atoms with Crippen LogP contribution in [0.15, 0.2) is 96.8 Å². The molecule has 0 heterocycles. The standard InChI is InChI=1S/C20H17IP.HI/c21-22(19-12-6-2-7-13-19,20-14-8-3-9-15-20)17-16-18-10-4-1-5-11-18;/h1-17H;1H/q+1;/p-1. The van der Waals surface area contributed by atoms with Crippen LogP contribution < -0.4 is 34.6 Å². The second kappa shape index (κ2) is 8.95. The molecule has 3 heteroatoms. The van der Waals surface area contributed by atoms with Gasteiger partial charge in [0.15, 0.2) is 26.9 Å². The normalized spacial score (nSPS) is 11.2. The van der Waals surface area contributed by atoms with E-state index in [1.54, 1.807) is 0 Å². The van der Waals surface area contributed by atoms with Crippen molar-refractivity contribution in [3.8, 4) is 0 Å². The summed E-state index contributed by atoms with van der Waals surface area (Å²) < 4.78 is 0. The van der Waals surface area contributed by atoms with E-state index in [1.165, 1.54) is 16.2 Å². The molecule has 0 amide bonds. The summed E-state index contributed by atoms with van der Waals surface area (Å²) in [5.41, 5.74) is 1.25. The van der Waals surface area contributed by atoms with Gasteiger partial charge in [0, 0.05) is 0 Å². The van der Waals surface area contributed by atoms with Crippen molar-refractivity contribution in [2.24, 2.45) is 0 Å². The Kier molecular flexibility index (Phi) is 7.25. The molecular formula is C20H17I2P. The maximum atomic E-state index is 2.66. The fourth-order valence-electron chi connectivity index (χ4n) is 2.36. The first-order chi connectivity index (χ1) is 10.8. The molecule has 0 aliphatic heterocycles. The average Bonchev–Trinajstić information content (AvgIpc) is 2.62. The van der Waals surface area contributed by atoms with Crippen molar-refractivity contribution in [1.29, 1.82) is 0 Å². The molecule has 0 aliphatic carbocycles. The minimum atomic E-state index is -1.55. The number of hydrogen-bond donors (Lipinski definition) is 0. The van der Waals surface area contributed by atoms with Crippen LogP contribution in [-0.4, -0.2) is 0 Å². The highest BCUT2D eigenvalue weighted by Gasteiger charge is 2.38. The number of benzene rings is 3. The summed E-state index contributed by atoms with van der Waals surface area (Å²) in [5.74, 6) is 2.40. The van der Waals surface area contributed by atoms with Crippen molar-refractivity contribution in [3.63, 3.8) is 0 Å². The highest BCUT2D eigenvalue weighted by molar-refractivity contribution is 14.2. The molecule has 0 unspecified atom stereocenters. The number of halogens is 2. The summed E-state index contributed by atoms with van der Waals surface area (Å²) in [7, 11) is 0. The third-order valence-electron chi connectivity index (χ3n) is 3.54. The van der Waals surface area contributed by atoms with Crippen LogP contribution >= 0.6 is 26.9 Å². The van der Waals surface area contributed by atoms with Crippen LogP contribution in [0.5, 0.6) is 0 Å². The van der Waals surface area contributed by atoms with Gasteiger partial charge in [-0.3, -0.25) is 0 Å². The fraction of sp³-hybridized carbons (Fsp3) is 0. The van der Waals surface area contributed by atoms with Crippen LogP contribution in [0.4, 0.5) is 0 Å². The molecule has 116 valence electrons. The van der Waals surface area contributed by atoms with Crippen molar-refractivity contribution >= 4 is 43.6 Å². The first kappa shape index (κ1) is 18.6. The van der Waals surface area contributed by atoms with Gasteiger partial charge in [-0.25, -0.2) is 0 Å². The Labute approximate surface area is 168 Å². The molecule has 0 saturated heterocycles. The molecule has 0 nitrogen and oxygen atoms in total. The van der Waals surface area contributed by atoms with E-state index in [1.807, 2.05) is 0 Å². The molecule has 0 saturated carbocycles. The molecule has 0 aliphatic rings. The lowest BCUT2D eigenvalue weighted by molar-refractivity contribution is -0.00000402. The van der Waals surface area contributed by atoms with E-state index in [0.717, 1.165) is 0 Å². The largest absolute Gasteiger partial charge is 1.00 e. The zero-order chi connectivity index (χ0) is 15.3. The lowest BCUT2D eigenvalue weighted by Gasteiger charge is -2.15. The van der Waals surface area contributed by atoms with E-state index < -0.39 is 4.90 Å². The van der Waals surface area contributed by atoms with Crippen LogP contribution in [0.2, 0.25) is 0 Å². The van der Waals surface area contributed by atoms with Gasteiger partial charge >= 0.3 is 0 Å². The summed E-state index contributed by atoms with van der Waals surface area (Å²) in [4.78, 5) is -1.55. The lowest BCUT2D eigenvalue weighted by atomic mass is 10.2. The van der Waals surface area contributed by atoms with Gasteiger partial charge in [0.2, 0.25) is 0 Å². The third-order valence-corrected chi connectivity index (χ3v) is 10.5. The fourth-order valence-corrected chi connectivity index (χ4v) is 7.01. The second-order valence-electron chi connectivity index (χ2n) is 5.03. The average molecular weight is 542 g/mol. The van der Waals surface area contributed by atoms with E-state index in [2.05, 4.69) is 125 Å². The van der Waals surface area contributed by atoms with Crippen LogP contribution in [0.25, 0.3) is 6.08 Å². The molecule has 23 heavy (non-hydrogen) atoms. The van der Waals surface area contributed by atoms with E-state index >= 15 is 0 Å². The molecule has 3 aromatic rings. The second-order valence-corrected chi connectivity index (χ2v) is 12.2. The summed E-state index contributed by atoms with van der Waals surface area (Å²) in [6.07, 6.45) is 2.25. The molecule has 0 spiro atoms. The summed E-state index contributed by atoms with van der Waals surface area (Å²) >= 11 is 2.66. The number of rotatable bonds is 4. The van der Waals surface area contributed by atoms with Gasteiger partial charge in [-0.05, 0) is 35.9 Å². The van der Waals surface area contributed by atoms with E-state index in [9.17, 15) is 0 Å². The van der Waals surface area contributed by atoms with Crippen molar-refractivity contribution in [3.05, 3.63) is 102 Å². The van der Waals surface area contributed by atoms with E-state index in [-0.39, 0.29) is 24.0 Å². The van der Waals surface area contributed by atoms with Crippen molar-refractivity contribution < 1.29 is 24.0 Å². The monoisotopic (exact) mass is 542 g/mol. The Morgan fingerprint density at radius 1 is 0.609 bits per heavy atom. The van der Waals surface area contributed by atoms with Gasteiger partial charge in [-0.15, -0.1) is 0 Å². The zero-order valence-electron chi connectivity index (χ0n) is 12.5. The summed E-state index contributed by atoms with van der Waals surface area (Å²) in [5, 5.41) is 2.79. The molecule has 0 radical (unpaired) electrons. The topological polar surface area (TPSA) is 0 Å². The molecule has 0 bridgehead atoms. The predicted molar refractivity (Wildman–Crippen MR) is 109 cm³/mol. The van der Waals surface area contributed by atoms with Gasteiger partial charge in [0.25, 0.3) is 0 Å².